The predicted molar refractivity (Wildman–Crippen MR) is 56.2 cm³/mol. The van der Waals surface area contributed by atoms with E-state index in [2.05, 4.69) is 5.10 Å². The van der Waals surface area contributed by atoms with Crippen LogP contribution < -0.4 is 5.73 Å². The lowest BCUT2D eigenvalue weighted by molar-refractivity contribution is 0.174. The molecule has 1 aromatic heterocycles. The number of rotatable bonds is 3. The third-order valence-corrected chi connectivity index (χ3v) is 4.09. The molecular formula is C9H15N3O2S. The molecule has 2 N–H and O–H groups in total. The van der Waals surface area contributed by atoms with E-state index < -0.39 is 9.84 Å². The normalized spacial score (nSPS) is 26.3. The molecule has 84 valence electrons. The third-order valence-electron chi connectivity index (χ3n) is 3.03. The van der Waals surface area contributed by atoms with Crippen LogP contribution in [0, 0.1) is 5.92 Å². The summed E-state index contributed by atoms with van der Waals surface area (Å²) in [5.41, 5.74) is 5.59. The largest absolute Gasteiger partial charge is 0.330 e. The molecule has 0 saturated heterocycles. The van der Waals surface area contributed by atoms with Crippen molar-refractivity contribution in [1.82, 2.24) is 9.78 Å². The van der Waals surface area contributed by atoms with E-state index in [9.17, 15) is 8.42 Å². The Kier molecular flexibility index (Phi) is 2.56. The van der Waals surface area contributed by atoms with Crippen LogP contribution in [0.5, 0.6) is 0 Å². The molecule has 1 fully saturated rings. The Hall–Kier alpha value is -0.880. The van der Waals surface area contributed by atoms with Crippen LogP contribution in [0.25, 0.3) is 0 Å². The lowest BCUT2D eigenvalue weighted by Gasteiger charge is -2.35. The van der Waals surface area contributed by atoms with Gasteiger partial charge in [0.1, 0.15) is 4.90 Å². The Morgan fingerprint density at radius 1 is 1.60 bits per heavy atom. The molecule has 2 atom stereocenters. The molecule has 0 spiro atoms. The van der Waals surface area contributed by atoms with E-state index in [1.807, 2.05) is 0 Å². The summed E-state index contributed by atoms with van der Waals surface area (Å²) in [7, 11) is -3.14. The van der Waals surface area contributed by atoms with Crippen LogP contribution >= 0.6 is 0 Å². The number of hydrogen-bond acceptors (Lipinski definition) is 4. The van der Waals surface area contributed by atoms with Crippen LogP contribution in [0.15, 0.2) is 17.3 Å². The zero-order chi connectivity index (χ0) is 11.1. The summed E-state index contributed by atoms with van der Waals surface area (Å²) in [6.07, 6.45) is 6.33. The topological polar surface area (TPSA) is 78.0 Å². The summed E-state index contributed by atoms with van der Waals surface area (Å²) < 4.78 is 24.2. The molecule has 5 nitrogen and oxygen atoms in total. The zero-order valence-electron chi connectivity index (χ0n) is 8.63. The molecule has 0 bridgehead atoms. The van der Waals surface area contributed by atoms with Crippen molar-refractivity contribution in [2.75, 3.05) is 12.8 Å². The molecule has 2 unspecified atom stereocenters. The van der Waals surface area contributed by atoms with E-state index >= 15 is 0 Å². The minimum Gasteiger partial charge on any atom is -0.330 e. The molecule has 1 saturated carbocycles. The van der Waals surface area contributed by atoms with E-state index in [1.54, 1.807) is 10.9 Å². The van der Waals surface area contributed by atoms with Crippen LogP contribution in [-0.4, -0.2) is 31.0 Å². The summed E-state index contributed by atoms with van der Waals surface area (Å²) in [6.45, 7) is 0.638. The smallest absolute Gasteiger partial charge is 0.178 e. The maximum atomic E-state index is 11.2. The highest BCUT2D eigenvalue weighted by Crippen LogP contribution is 2.37. The molecule has 1 aromatic rings. The maximum absolute atomic E-state index is 11.2. The number of nitrogens with two attached hydrogens (primary N) is 1. The minimum atomic E-state index is -3.14. The number of sulfone groups is 1. The quantitative estimate of drug-likeness (QED) is 0.803. The van der Waals surface area contributed by atoms with Crippen molar-refractivity contribution in [2.45, 2.75) is 23.8 Å². The fourth-order valence-electron chi connectivity index (χ4n) is 1.87. The van der Waals surface area contributed by atoms with Crippen molar-refractivity contribution < 1.29 is 8.42 Å². The Labute approximate surface area is 89.2 Å². The Morgan fingerprint density at radius 2 is 2.33 bits per heavy atom. The SMILES string of the molecule is CS(=O)(=O)c1cnn(C2CCC2CN)c1. The van der Waals surface area contributed by atoms with E-state index in [4.69, 9.17) is 5.73 Å². The number of aromatic nitrogens is 2. The molecule has 1 heterocycles. The second-order valence-electron chi connectivity index (χ2n) is 4.07. The number of nitrogens with zero attached hydrogens (tertiary/aromatic N) is 2. The third kappa shape index (κ3) is 1.91. The van der Waals surface area contributed by atoms with Crippen molar-refractivity contribution in [3.63, 3.8) is 0 Å². The highest BCUT2D eigenvalue weighted by molar-refractivity contribution is 7.90. The molecule has 1 aliphatic rings. The van der Waals surface area contributed by atoms with Gasteiger partial charge in [0.25, 0.3) is 0 Å². The van der Waals surface area contributed by atoms with Crippen LogP contribution in [-0.2, 0) is 9.84 Å². The van der Waals surface area contributed by atoms with E-state index in [0.717, 1.165) is 12.8 Å². The van der Waals surface area contributed by atoms with Gasteiger partial charge in [-0.3, -0.25) is 4.68 Å². The van der Waals surface area contributed by atoms with Crippen LogP contribution in [0.1, 0.15) is 18.9 Å². The summed E-state index contributed by atoms with van der Waals surface area (Å²) in [6, 6.07) is 0.283. The highest BCUT2D eigenvalue weighted by Gasteiger charge is 2.32. The summed E-state index contributed by atoms with van der Waals surface area (Å²) in [5.74, 6) is 0.442. The van der Waals surface area contributed by atoms with E-state index in [1.165, 1.54) is 12.5 Å². The molecule has 2 rings (SSSR count). The van der Waals surface area contributed by atoms with Gasteiger partial charge in [0.2, 0.25) is 0 Å². The minimum absolute atomic E-state index is 0.283. The summed E-state index contributed by atoms with van der Waals surface area (Å²) >= 11 is 0. The molecule has 6 heteroatoms. The van der Waals surface area contributed by atoms with Gasteiger partial charge in [-0.15, -0.1) is 0 Å². The van der Waals surface area contributed by atoms with Crippen molar-refractivity contribution in [3.8, 4) is 0 Å². The summed E-state index contributed by atoms with van der Waals surface area (Å²) in [5, 5.41) is 4.08. The second kappa shape index (κ2) is 3.61. The summed E-state index contributed by atoms with van der Waals surface area (Å²) in [4.78, 5) is 0.283. The van der Waals surface area contributed by atoms with Crippen molar-refractivity contribution in [3.05, 3.63) is 12.4 Å². The van der Waals surface area contributed by atoms with E-state index in [0.29, 0.717) is 12.5 Å². The molecule has 0 radical (unpaired) electrons. The van der Waals surface area contributed by atoms with Gasteiger partial charge in [-0.2, -0.15) is 5.10 Å². The average Bonchev–Trinajstić information content (AvgIpc) is 2.51. The number of hydrogen-bond donors (Lipinski definition) is 1. The van der Waals surface area contributed by atoms with Crippen molar-refractivity contribution in [1.29, 1.82) is 0 Å². The Bertz CT molecular complexity index is 450. The van der Waals surface area contributed by atoms with Gasteiger partial charge in [-0.1, -0.05) is 0 Å². The van der Waals surface area contributed by atoms with Gasteiger partial charge in [0, 0.05) is 12.5 Å². The lowest BCUT2D eigenvalue weighted by atomic mass is 9.80. The van der Waals surface area contributed by atoms with Gasteiger partial charge >= 0.3 is 0 Å². The maximum Gasteiger partial charge on any atom is 0.178 e. The first-order chi connectivity index (χ1) is 7.02. The highest BCUT2D eigenvalue weighted by atomic mass is 32.2. The predicted octanol–water partition coefficient (Wildman–Crippen LogP) is 0.196. The average molecular weight is 229 g/mol. The Morgan fingerprint density at radius 3 is 2.73 bits per heavy atom. The van der Waals surface area contributed by atoms with Gasteiger partial charge in [-0.25, -0.2) is 8.42 Å². The van der Waals surface area contributed by atoms with Gasteiger partial charge in [-0.05, 0) is 25.3 Å². The second-order valence-corrected chi connectivity index (χ2v) is 6.08. The standard InChI is InChI=1S/C9H15N3O2S/c1-15(13,14)8-5-11-12(6-8)9-3-2-7(9)4-10/h5-7,9H,2-4,10H2,1H3. The van der Waals surface area contributed by atoms with E-state index in [-0.39, 0.29) is 10.9 Å². The fourth-order valence-corrected chi connectivity index (χ4v) is 2.41. The van der Waals surface area contributed by atoms with Crippen LogP contribution in [0.2, 0.25) is 0 Å². The van der Waals surface area contributed by atoms with Crippen LogP contribution in [0.4, 0.5) is 0 Å². The van der Waals surface area contributed by atoms with Gasteiger partial charge in [0.15, 0.2) is 9.84 Å². The first-order valence-electron chi connectivity index (χ1n) is 4.96. The monoisotopic (exact) mass is 229 g/mol. The first-order valence-corrected chi connectivity index (χ1v) is 6.86. The van der Waals surface area contributed by atoms with Gasteiger partial charge in [0.05, 0.1) is 12.2 Å². The molecule has 15 heavy (non-hydrogen) atoms. The molecule has 1 aliphatic carbocycles. The Balaban J connectivity index is 2.21. The molecule has 0 aliphatic heterocycles. The van der Waals surface area contributed by atoms with Crippen molar-refractivity contribution >= 4 is 9.84 Å². The fraction of sp³-hybridized carbons (Fsp3) is 0.667. The van der Waals surface area contributed by atoms with Crippen LogP contribution in [0.3, 0.4) is 0 Å². The lowest BCUT2D eigenvalue weighted by Crippen LogP contribution is -2.34. The van der Waals surface area contributed by atoms with Crippen molar-refractivity contribution in [2.24, 2.45) is 11.7 Å². The zero-order valence-corrected chi connectivity index (χ0v) is 9.44. The molecular weight excluding hydrogens is 214 g/mol. The first kappa shape index (κ1) is 10.6. The molecule has 0 amide bonds. The van der Waals surface area contributed by atoms with Gasteiger partial charge < -0.3 is 5.73 Å². The molecule has 0 aromatic carbocycles.